The predicted molar refractivity (Wildman–Crippen MR) is 84.0 cm³/mol. The van der Waals surface area contributed by atoms with E-state index in [1.165, 1.54) is 16.9 Å². The Morgan fingerprint density at radius 1 is 0.950 bits per heavy atom. The molecule has 3 rings (SSSR count). The minimum absolute atomic E-state index is 0.364. The number of nitrogens with zero attached hydrogens (tertiary/aromatic N) is 2. The van der Waals surface area contributed by atoms with Gasteiger partial charge in [0.1, 0.15) is 5.82 Å². The monoisotopic (exact) mass is 264 g/mol. The van der Waals surface area contributed by atoms with Gasteiger partial charge in [0, 0.05) is 12.5 Å². The van der Waals surface area contributed by atoms with Gasteiger partial charge in [0.15, 0.2) is 0 Å². The summed E-state index contributed by atoms with van der Waals surface area (Å²) < 4.78 is 2.34. The highest BCUT2D eigenvalue weighted by Crippen LogP contribution is 2.29. The Morgan fingerprint density at radius 3 is 2.35 bits per heavy atom. The molecule has 0 amide bonds. The second kappa shape index (κ2) is 5.49. The van der Waals surface area contributed by atoms with Crippen LogP contribution in [-0.4, -0.2) is 9.55 Å². The van der Waals surface area contributed by atoms with Crippen molar-refractivity contribution in [3.8, 4) is 0 Å². The summed E-state index contributed by atoms with van der Waals surface area (Å²) in [5.74, 6) is 1.55. The fourth-order valence-electron chi connectivity index (χ4n) is 2.95. The number of hydrogen-bond acceptors (Lipinski definition) is 1. The van der Waals surface area contributed by atoms with Crippen LogP contribution in [0.3, 0.4) is 0 Å². The maximum absolute atomic E-state index is 4.89. The largest absolute Gasteiger partial charge is 0.328 e. The second-order valence-corrected chi connectivity index (χ2v) is 5.07. The second-order valence-electron chi connectivity index (χ2n) is 5.07. The Balaban J connectivity index is 2.17. The van der Waals surface area contributed by atoms with Crippen LogP contribution in [0.2, 0.25) is 0 Å². The highest BCUT2D eigenvalue weighted by molar-refractivity contribution is 5.76. The van der Waals surface area contributed by atoms with Crippen LogP contribution in [0.25, 0.3) is 11.0 Å². The molecule has 1 unspecified atom stereocenters. The molecule has 2 aromatic carbocycles. The Hall–Kier alpha value is -2.09. The molecule has 3 aromatic rings. The van der Waals surface area contributed by atoms with E-state index in [1.54, 1.807) is 0 Å². The molecule has 1 heterocycles. The van der Waals surface area contributed by atoms with Crippen LogP contribution in [0.5, 0.6) is 0 Å². The number of hydrogen-bond donors (Lipinski definition) is 0. The first-order valence-corrected chi connectivity index (χ1v) is 7.35. The molecule has 0 fully saturated rings. The third-order valence-electron chi connectivity index (χ3n) is 3.92. The Morgan fingerprint density at radius 2 is 1.65 bits per heavy atom. The average Bonchev–Trinajstić information content (AvgIpc) is 2.87. The molecule has 0 spiro atoms. The Labute approximate surface area is 120 Å². The summed E-state index contributed by atoms with van der Waals surface area (Å²) in [5.41, 5.74) is 3.68. The standard InChI is InChI=1S/C18H20N2/c1-3-15(14-10-6-5-7-11-14)18-19-16-12-8-9-13-17(16)20(18)4-2/h5-13,15H,3-4H2,1-2H3. The molecule has 0 aliphatic carbocycles. The van der Waals surface area contributed by atoms with E-state index < -0.39 is 0 Å². The molecule has 0 aliphatic rings. The number of aromatic nitrogens is 2. The minimum atomic E-state index is 0.364. The molecule has 1 aromatic heterocycles. The van der Waals surface area contributed by atoms with Crippen molar-refractivity contribution < 1.29 is 0 Å². The van der Waals surface area contributed by atoms with E-state index in [1.807, 2.05) is 0 Å². The number of rotatable bonds is 4. The van der Waals surface area contributed by atoms with Gasteiger partial charge in [0.25, 0.3) is 0 Å². The molecule has 0 radical (unpaired) electrons. The van der Waals surface area contributed by atoms with Gasteiger partial charge in [-0.15, -0.1) is 0 Å². The molecule has 0 saturated carbocycles. The zero-order chi connectivity index (χ0) is 13.9. The summed E-state index contributed by atoms with van der Waals surface area (Å²) >= 11 is 0. The van der Waals surface area contributed by atoms with Crippen LogP contribution in [0.1, 0.15) is 37.6 Å². The fourth-order valence-corrected chi connectivity index (χ4v) is 2.95. The highest BCUT2D eigenvalue weighted by atomic mass is 15.1. The molecular weight excluding hydrogens is 244 g/mol. The Kier molecular flexibility index (Phi) is 3.55. The van der Waals surface area contributed by atoms with Crippen molar-refractivity contribution in [3.05, 3.63) is 66.0 Å². The van der Waals surface area contributed by atoms with E-state index in [0.717, 1.165) is 18.5 Å². The summed E-state index contributed by atoms with van der Waals surface area (Å²) in [7, 11) is 0. The van der Waals surface area contributed by atoms with Gasteiger partial charge in [0.05, 0.1) is 11.0 Å². The molecule has 0 bridgehead atoms. The first kappa shape index (κ1) is 12.9. The van der Waals surface area contributed by atoms with Crippen molar-refractivity contribution in [2.24, 2.45) is 0 Å². The topological polar surface area (TPSA) is 17.8 Å². The molecule has 0 N–H and O–H groups in total. The lowest BCUT2D eigenvalue weighted by molar-refractivity contribution is 0.642. The van der Waals surface area contributed by atoms with E-state index in [-0.39, 0.29) is 0 Å². The van der Waals surface area contributed by atoms with Crippen LogP contribution in [-0.2, 0) is 6.54 Å². The molecule has 0 saturated heterocycles. The van der Waals surface area contributed by atoms with Crippen molar-refractivity contribution in [1.82, 2.24) is 9.55 Å². The van der Waals surface area contributed by atoms with E-state index >= 15 is 0 Å². The summed E-state index contributed by atoms with van der Waals surface area (Å²) in [5, 5.41) is 0. The highest BCUT2D eigenvalue weighted by Gasteiger charge is 2.19. The van der Waals surface area contributed by atoms with Crippen molar-refractivity contribution in [2.75, 3.05) is 0 Å². The first-order chi connectivity index (χ1) is 9.85. The number of aryl methyl sites for hydroxylation is 1. The van der Waals surface area contributed by atoms with Crippen LogP contribution in [0, 0.1) is 0 Å². The van der Waals surface area contributed by atoms with E-state index in [4.69, 9.17) is 4.98 Å². The molecule has 20 heavy (non-hydrogen) atoms. The van der Waals surface area contributed by atoms with Gasteiger partial charge < -0.3 is 4.57 Å². The van der Waals surface area contributed by atoms with Crippen molar-refractivity contribution in [3.63, 3.8) is 0 Å². The first-order valence-electron chi connectivity index (χ1n) is 7.35. The minimum Gasteiger partial charge on any atom is -0.328 e. The predicted octanol–water partition coefficient (Wildman–Crippen LogP) is 4.60. The van der Waals surface area contributed by atoms with Crippen molar-refractivity contribution >= 4 is 11.0 Å². The molecule has 1 atom stereocenters. The molecule has 2 heteroatoms. The van der Waals surface area contributed by atoms with Crippen LogP contribution in [0.4, 0.5) is 0 Å². The smallest absolute Gasteiger partial charge is 0.117 e. The van der Waals surface area contributed by atoms with E-state index in [0.29, 0.717) is 5.92 Å². The van der Waals surface area contributed by atoms with Gasteiger partial charge in [-0.3, -0.25) is 0 Å². The maximum atomic E-state index is 4.89. The lowest BCUT2D eigenvalue weighted by Gasteiger charge is -2.16. The molecular formula is C18H20N2. The van der Waals surface area contributed by atoms with Gasteiger partial charge >= 0.3 is 0 Å². The third kappa shape index (κ3) is 2.11. The lowest BCUT2D eigenvalue weighted by Crippen LogP contribution is -2.09. The number of para-hydroxylation sites is 2. The zero-order valence-corrected chi connectivity index (χ0v) is 12.1. The van der Waals surface area contributed by atoms with Crippen LogP contribution >= 0.6 is 0 Å². The fraction of sp³-hybridized carbons (Fsp3) is 0.278. The van der Waals surface area contributed by atoms with Gasteiger partial charge in [-0.05, 0) is 31.0 Å². The maximum Gasteiger partial charge on any atom is 0.117 e. The molecule has 2 nitrogen and oxygen atoms in total. The van der Waals surface area contributed by atoms with E-state index in [9.17, 15) is 0 Å². The SMILES string of the molecule is CCC(c1ccccc1)c1nc2ccccc2n1CC. The summed E-state index contributed by atoms with van der Waals surface area (Å²) in [6.07, 6.45) is 1.06. The number of imidazole rings is 1. The summed E-state index contributed by atoms with van der Waals surface area (Å²) in [6.45, 7) is 5.38. The van der Waals surface area contributed by atoms with Crippen molar-refractivity contribution in [1.29, 1.82) is 0 Å². The summed E-state index contributed by atoms with van der Waals surface area (Å²) in [6, 6.07) is 19.1. The normalized spacial score (nSPS) is 12.7. The van der Waals surface area contributed by atoms with Gasteiger partial charge in [0.2, 0.25) is 0 Å². The van der Waals surface area contributed by atoms with Gasteiger partial charge in [-0.25, -0.2) is 4.98 Å². The van der Waals surface area contributed by atoms with E-state index in [2.05, 4.69) is 73.0 Å². The van der Waals surface area contributed by atoms with Crippen LogP contribution < -0.4 is 0 Å². The number of fused-ring (bicyclic) bond motifs is 1. The summed E-state index contributed by atoms with van der Waals surface area (Å²) in [4.78, 5) is 4.89. The molecule has 102 valence electrons. The molecule has 0 aliphatic heterocycles. The quantitative estimate of drug-likeness (QED) is 0.673. The average molecular weight is 264 g/mol. The van der Waals surface area contributed by atoms with Gasteiger partial charge in [-0.2, -0.15) is 0 Å². The number of benzene rings is 2. The van der Waals surface area contributed by atoms with Crippen molar-refractivity contribution in [2.45, 2.75) is 32.7 Å². The lowest BCUT2D eigenvalue weighted by atomic mass is 9.95. The van der Waals surface area contributed by atoms with Crippen LogP contribution in [0.15, 0.2) is 54.6 Å². The zero-order valence-electron chi connectivity index (χ0n) is 12.1. The Bertz CT molecular complexity index is 698. The van der Waals surface area contributed by atoms with Gasteiger partial charge in [-0.1, -0.05) is 49.4 Å². The third-order valence-corrected chi connectivity index (χ3v) is 3.92.